The summed E-state index contributed by atoms with van der Waals surface area (Å²) in [4.78, 5) is 0. The molecule has 0 radical (unpaired) electrons. The lowest BCUT2D eigenvalue weighted by Gasteiger charge is -2.03. The van der Waals surface area contributed by atoms with Gasteiger partial charge in [-0.3, -0.25) is 0 Å². The number of hydrogen-bond acceptors (Lipinski definition) is 0. The van der Waals surface area contributed by atoms with E-state index in [1.807, 2.05) is 0 Å². The minimum Gasteiger partial charge on any atom is -0.207 e. The van der Waals surface area contributed by atoms with E-state index in [0.29, 0.717) is 5.57 Å². The third-order valence-corrected chi connectivity index (χ3v) is 2.06. The zero-order chi connectivity index (χ0) is 8.15. The zero-order valence-electron chi connectivity index (χ0n) is 5.87. The van der Waals surface area contributed by atoms with Gasteiger partial charge in [0.05, 0.1) is 3.74 Å². The molecular weight excluding hydrogens is 263 g/mol. The van der Waals surface area contributed by atoms with E-state index in [2.05, 4.69) is 31.9 Å². The molecule has 0 spiro atoms. The Bertz CT molecular complexity index is 159. The topological polar surface area (TPSA) is 0 Å². The third kappa shape index (κ3) is 2.97. The van der Waals surface area contributed by atoms with Crippen molar-refractivity contribution < 1.29 is 4.39 Å². The molecule has 0 saturated heterocycles. The van der Waals surface area contributed by atoms with Crippen LogP contribution in [0.3, 0.4) is 0 Å². The van der Waals surface area contributed by atoms with Gasteiger partial charge >= 0.3 is 0 Å². The number of allylic oxidation sites excluding steroid dienone is 4. The summed E-state index contributed by atoms with van der Waals surface area (Å²) in [5.74, 6) is -0.193. The van der Waals surface area contributed by atoms with Gasteiger partial charge in [-0.2, -0.15) is 0 Å². The SMILES string of the molecule is CC=C(F)C(=CC)C(Br)Br. The Kier molecular flexibility index (Phi) is 5.27. The van der Waals surface area contributed by atoms with Crippen molar-refractivity contribution in [3.05, 3.63) is 23.6 Å². The van der Waals surface area contributed by atoms with Gasteiger partial charge in [-0.25, -0.2) is 4.39 Å². The Balaban J connectivity index is 4.39. The maximum atomic E-state index is 12.8. The normalized spacial score (nSPS) is 14.6. The molecule has 3 heteroatoms. The highest BCUT2D eigenvalue weighted by Gasteiger charge is 2.08. The van der Waals surface area contributed by atoms with Gasteiger partial charge in [0.25, 0.3) is 0 Å². The Hall–Kier alpha value is 0.370. The van der Waals surface area contributed by atoms with Gasteiger partial charge < -0.3 is 0 Å². The van der Waals surface area contributed by atoms with Gasteiger partial charge in [0.15, 0.2) is 0 Å². The minimum atomic E-state index is -0.193. The predicted octanol–water partition coefficient (Wildman–Crippen LogP) is 3.92. The van der Waals surface area contributed by atoms with Gasteiger partial charge in [0.2, 0.25) is 0 Å². The van der Waals surface area contributed by atoms with E-state index in [-0.39, 0.29) is 9.56 Å². The van der Waals surface area contributed by atoms with Crippen molar-refractivity contribution in [1.82, 2.24) is 0 Å². The molecule has 0 aromatic heterocycles. The lowest BCUT2D eigenvalue weighted by atomic mass is 10.2. The van der Waals surface area contributed by atoms with Crippen molar-refractivity contribution >= 4 is 31.9 Å². The van der Waals surface area contributed by atoms with Crippen molar-refractivity contribution in [2.75, 3.05) is 0 Å². The van der Waals surface area contributed by atoms with Crippen LogP contribution >= 0.6 is 31.9 Å². The van der Waals surface area contributed by atoms with Crippen molar-refractivity contribution in [2.45, 2.75) is 17.6 Å². The molecule has 0 N–H and O–H groups in total. The molecule has 0 amide bonds. The molecule has 0 unspecified atom stereocenters. The van der Waals surface area contributed by atoms with Crippen LogP contribution in [0.1, 0.15) is 13.8 Å². The van der Waals surface area contributed by atoms with Gasteiger partial charge in [-0.1, -0.05) is 44.0 Å². The molecule has 0 fully saturated rings. The monoisotopic (exact) mass is 270 g/mol. The van der Waals surface area contributed by atoms with E-state index < -0.39 is 0 Å². The molecule has 0 aromatic rings. The quantitative estimate of drug-likeness (QED) is 0.528. The van der Waals surface area contributed by atoms with Crippen LogP contribution in [0.25, 0.3) is 0 Å². The van der Waals surface area contributed by atoms with E-state index in [0.717, 1.165) is 0 Å². The summed E-state index contributed by atoms with van der Waals surface area (Å²) in [7, 11) is 0. The largest absolute Gasteiger partial charge is 0.207 e. The van der Waals surface area contributed by atoms with Crippen molar-refractivity contribution in [3.63, 3.8) is 0 Å². The highest BCUT2D eigenvalue weighted by molar-refractivity contribution is 9.24. The first kappa shape index (κ1) is 10.4. The average molecular weight is 272 g/mol. The molecule has 0 atom stereocenters. The van der Waals surface area contributed by atoms with E-state index in [1.165, 1.54) is 6.08 Å². The molecule has 0 nitrogen and oxygen atoms in total. The van der Waals surface area contributed by atoms with Crippen LogP contribution in [-0.4, -0.2) is 3.74 Å². The zero-order valence-corrected chi connectivity index (χ0v) is 9.04. The number of hydrogen-bond donors (Lipinski definition) is 0. The second kappa shape index (κ2) is 5.08. The molecule has 58 valence electrons. The summed E-state index contributed by atoms with van der Waals surface area (Å²) in [5.41, 5.74) is 0.627. The summed E-state index contributed by atoms with van der Waals surface area (Å²) in [6, 6.07) is 0. The first-order valence-electron chi connectivity index (χ1n) is 2.90. The molecule has 0 aromatic carbocycles. The first-order valence-corrected chi connectivity index (χ1v) is 4.73. The van der Waals surface area contributed by atoms with Crippen LogP contribution in [0.4, 0.5) is 4.39 Å². The Morgan fingerprint density at radius 2 is 1.80 bits per heavy atom. The Morgan fingerprint density at radius 3 is 1.90 bits per heavy atom. The van der Waals surface area contributed by atoms with E-state index in [1.54, 1.807) is 19.9 Å². The standard InChI is InChI=1S/C7H9Br2F/c1-3-5(7(8)9)6(10)4-2/h3-4,7H,1-2H3. The lowest BCUT2D eigenvalue weighted by Crippen LogP contribution is -1.92. The molecule has 0 aliphatic heterocycles. The molecule has 0 heterocycles. The molecule has 0 aliphatic carbocycles. The number of halogens is 3. The van der Waals surface area contributed by atoms with Crippen molar-refractivity contribution in [2.24, 2.45) is 0 Å². The van der Waals surface area contributed by atoms with E-state index in [4.69, 9.17) is 0 Å². The highest BCUT2D eigenvalue weighted by atomic mass is 79.9. The Morgan fingerprint density at radius 1 is 1.30 bits per heavy atom. The van der Waals surface area contributed by atoms with Gasteiger partial charge in [-0.05, 0) is 13.8 Å². The second-order valence-electron chi connectivity index (χ2n) is 1.68. The summed E-state index contributed by atoms with van der Waals surface area (Å²) in [5, 5.41) is 0. The van der Waals surface area contributed by atoms with Gasteiger partial charge in [-0.15, -0.1) is 0 Å². The maximum absolute atomic E-state index is 12.8. The van der Waals surface area contributed by atoms with Crippen LogP contribution in [0.2, 0.25) is 0 Å². The maximum Gasteiger partial charge on any atom is 0.123 e. The summed E-state index contributed by atoms with van der Waals surface area (Å²) >= 11 is 6.42. The second-order valence-corrected chi connectivity index (χ2v) is 4.74. The highest BCUT2D eigenvalue weighted by Crippen LogP contribution is 2.25. The third-order valence-electron chi connectivity index (χ3n) is 1.08. The Labute approximate surface area is 77.5 Å². The fourth-order valence-corrected chi connectivity index (χ4v) is 1.50. The van der Waals surface area contributed by atoms with Crippen LogP contribution in [-0.2, 0) is 0 Å². The van der Waals surface area contributed by atoms with E-state index in [9.17, 15) is 4.39 Å². The number of rotatable bonds is 2. The summed E-state index contributed by atoms with van der Waals surface area (Å²) in [6.07, 6.45) is 3.16. The van der Waals surface area contributed by atoms with E-state index >= 15 is 0 Å². The van der Waals surface area contributed by atoms with Crippen LogP contribution < -0.4 is 0 Å². The lowest BCUT2D eigenvalue weighted by molar-refractivity contribution is 0.649. The fraction of sp³-hybridized carbons (Fsp3) is 0.429. The summed E-state index contributed by atoms with van der Waals surface area (Å²) < 4.78 is 12.7. The van der Waals surface area contributed by atoms with Crippen molar-refractivity contribution in [3.8, 4) is 0 Å². The van der Waals surface area contributed by atoms with Crippen LogP contribution in [0, 0.1) is 0 Å². The predicted molar refractivity (Wildman–Crippen MR) is 50.3 cm³/mol. The average Bonchev–Trinajstić information content (AvgIpc) is 1.88. The van der Waals surface area contributed by atoms with Gasteiger partial charge in [0.1, 0.15) is 5.83 Å². The van der Waals surface area contributed by atoms with Crippen molar-refractivity contribution in [1.29, 1.82) is 0 Å². The van der Waals surface area contributed by atoms with Crippen LogP contribution in [0.15, 0.2) is 23.6 Å². The molecular formula is C7H9Br2F. The molecule has 0 aliphatic rings. The summed E-state index contributed by atoms with van der Waals surface area (Å²) in [6.45, 7) is 3.47. The molecule has 0 rings (SSSR count). The molecule has 0 saturated carbocycles. The molecule has 0 bridgehead atoms. The minimum absolute atomic E-state index is 0.0961. The fourth-order valence-electron chi connectivity index (χ4n) is 0.535. The van der Waals surface area contributed by atoms with Gasteiger partial charge in [0, 0.05) is 5.57 Å². The first-order chi connectivity index (χ1) is 4.63. The molecule has 10 heavy (non-hydrogen) atoms. The number of alkyl halides is 2. The smallest absolute Gasteiger partial charge is 0.123 e. The van der Waals surface area contributed by atoms with Crippen LogP contribution in [0.5, 0.6) is 0 Å².